The highest BCUT2D eigenvalue weighted by Gasteiger charge is 2.17. The van der Waals surface area contributed by atoms with Crippen LogP contribution in [0.15, 0.2) is 140 Å². The van der Waals surface area contributed by atoms with Crippen LogP contribution in [-0.4, -0.2) is 0 Å². The van der Waals surface area contributed by atoms with Crippen molar-refractivity contribution >= 4 is 32.3 Å². The van der Waals surface area contributed by atoms with Crippen molar-refractivity contribution in [2.24, 2.45) is 0 Å². The fourth-order valence-electron chi connectivity index (χ4n) is 5.82. The van der Waals surface area contributed by atoms with Gasteiger partial charge in [0.25, 0.3) is 0 Å². The van der Waals surface area contributed by atoms with E-state index in [9.17, 15) is 0 Å². The molecule has 0 saturated heterocycles. The Kier molecular flexibility index (Phi) is 5.03. The molecule has 0 saturated carbocycles. The van der Waals surface area contributed by atoms with Gasteiger partial charge in [-0.25, -0.2) is 0 Å². The maximum absolute atomic E-state index is 2.34. The standard InChI is InChI=1S/C36H26/c1-2-10-25(11-3-1)27-18-21-28(22-19-27)35-31-14-6-8-16-33(31)36(34-17-9-7-15-32(34)35)30-23-20-26-12-4-5-13-29(26)24-30/h1-10,12-25H,11H2. The molecule has 0 amide bonds. The van der Waals surface area contributed by atoms with Crippen molar-refractivity contribution in [1.29, 1.82) is 0 Å². The van der Waals surface area contributed by atoms with Gasteiger partial charge in [-0.1, -0.05) is 133 Å². The zero-order valence-electron chi connectivity index (χ0n) is 20.1. The summed E-state index contributed by atoms with van der Waals surface area (Å²) in [5, 5.41) is 7.74. The van der Waals surface area contributed by atoms with Crippen LogP contribution in [0.4, 0.5) is 0 Å². The SMILES string of the molecule is C1=CCC(c2ccc(-c3c4ccccc4c(-c4ccc5ccccc5c4)c4ccccc34)cc2)C=C1. The molecule has 1 aliphatic carbocycles. The molecule has 0 bridgehead atoms. The molecular formula is C36H26. The summed E-state index contributed by atoms with van der Waals surface area (Å²) in [5.41, 5.74) is 6.54. The molecule has 1 atom stereocenters. The molecule has 7 rings (SSSR count). The molecule has 6 aromatic rings. The first-order valence-electron chi connectivity index (χ1n) is 12.7. The monoisotopic (exact) mass is 458 g/mol. The molecule has 6 aromatic carbocycles. The first-order chi connectivity index (χ1) is 17.9. The second-order valence-corrected chi connectivity index (χ2v) is 9.68. The van der Waals surface area contributed by atoms with Gasteiger partial charge in [0.2, 0.25) is 0 Å². The minimum Gasteiger partial charge on any atom is -0.0836 e. The number of rotatable bonds is 3. The lowest BCUT2D eigenvalue weighted by molar-refractivity contribution is 0.854. The molecular weight excluding hydrogens is 432 g/mol. The zero-order valence-corrected chi connectivity index (χ0v) is 20.1. The fraction of sp³-hybridized carbons (Fsp3) is 0.0556. The lowest BCUT2D eigenvalue weighted by Crippen LogP contribution is -1.96. The van der Waals surface area contributed by atoms with Gasteiger partial charge in [0, 0.05) is 5.92 Å². The molecule has 0 nitrogen and oxygen atoms in total. The van der Waals surface area contributed by atoms with E-state index in [1.54, 1.807) is 0 Å². The third kappa shape index (κ3) is 3.46. The first kappa shape index (κ1) is 20.9. The van der Waals surface area contributed by atoms with E-state index in [0.717, 1.165) is 6.42 Å². The second-order valence-electron chi connectivity index (χ2n) is 9.68. The van der Waals surface area contributed by atoms with E-state index in [1.807, 2.05) is 0 Å². The van der Waals surface area contributed by atoms with Crippen LogP contribution in [0.3, 0.4) is 0 Å². The van der Waals surface area contributed by atoms with Gasteiger partial charge in [-0.05, 0) is 72.6 Å². The van der Waals surface area contributed by atoms with Gasteiger partial charge in [0.1, 0.15) is 0 Å². The Hall–Kier alpha value is -4.42. The fourth-order valence-corrected chi connectivity index (χ4v) is 5.82. The van der Waals surface area contributed by atoms with Crippen LogP contribution in [0.1, 0.15) is 17.9 Å². The molecule has 0 radical (unpaired) electrons. The van der Waals surface area contributed by atoms with Gasteiger partial charge in [0.15, 0.2) is 0 Å². The molecule has 0 heterocycles. The van der Waals surface area contributed by atoms with Crippen molar-refractivity contribution in [3.63, 3.8) is 0 Å². The smallest absolute Gasteiger partial charge is 0.00557 e. The van der Waals surface area contributed by atoms with E-state index in [2.05, 4.69) is 140 Å². The molecule has 0 aliphatic heterocycles. The summed E-state index contributed by atoms with van der Waals surface area (Å²) >= 11 is 0. The van der Waals surface area contributed by atoms with Gasteiger partial charge in [-0.3, -0.25) is 0 Å². The van der Waals surface area contributed by atoms with Crippen molar-refractivity contribution < 1.29 is 0 Å². The Balaban J connectivity index is 1.48. The van der Waals surface area contributed by atoms with Crippen LogP contribution in [-0.2, 0) is 0 Å². The largest absolute Gasteiger partial charge is 0.0836 e. The van der Waals surface area contributed by atoms with Crippen LogP contribution in [0.2, 0.25) is 0 Å². The normalized spacial score (nSPS) is 15.2. The van der Waals surface area contributed by atoms with Crippen molar-refractivity contribution in [3.05, 3.63) is 145 Å². The third-order valence-electron chi connectivity index (χ3n) is 7.58. The Morgan fingerprint density at radius 1 is 0.472 bits per heavy atom. The van der Waals surface area contributed by atoms with Crippen molar-refractivity contribution in [2.45, 2.75) is 12.3 Å². The van der Waals surface area contributed by atoms with Crippen LogP contribution in [0.25, 0.3) is 54.6 Å². The number of fused-ring (bicyclic) bond motifs is 3. The predicted octanol–water partition coefficient (Wildman–Crippen LogP) is 10.1. The third-order valence-corrected chi connectivity index (χ3v) is 7.58. The Morgan fingerprint density at radius 3 is 1.64 bits per heavy atom. The summed E-state index contributed by atoms with van der Waals surface area (Å²) in [4.78, 5) is 0. The molecule has 0 heteroatoms. The molecule has 0 fully saturated rings. The van der Waals surface area contributed by atoms with Gasteiger partial charge in [-0.15, -0.1) is 0 Å². The maximum atomic E-state index is 2.34. The average molecular weight is 459 g/mol. The lowest BCUT2D eigenvalue weighted by Gasteiger charge is -2.19. The Morgan fingerprint density at radius 2 is 1.03 bits per heavy atom. The highest BCUT2D eigenvalue weighted by atomic mass is 14.2. The predicted molar refractivity (Wildman–Crippen MR) is 155 cm³/mol. The van der Waals surface area contributed by atoms with Crippen LogP contribution >= 0.6 is 0 Å². The van der Waals surface area contributed by atoms with Gasteiger partial charge in [-0.2, -0.15) is 0 Å². The summed E-state index contributed by atoms with van der Waals surface area (Å²) in [5.74, 6) is 0.466. The summed E-state index contributed by atoms with van der Waals surface area (Å²) in [6, 6.07) is 42.5. The molecule has 0 N–H and O–H groups in total. The molecule has 0 aromatic heterocycles. The highest BCUT2D eigenvalue weighted by Crippen LogP contribution is 2.44. The zero-order chi connectivity index (χ0) is 23.9. The summed E-state index contributed by atoms with van der Waals surface area (Å²) in [7, 11) is 0. The van der Waals surface area contributed by atoms with E-state index in [-0.39, 0.29) is 0 Å². The summed E-state index contributed by atoms with van der Waals surface area (Å²) < 4.78 is 0. The van der Waals surface area contributed by atoms with E-state index >= 15 is 0 Å². The molecule has 0 spiro atoms. The number of hydrogen-bond donors (Lipinski definition) is 0. The number of allylic oxidation sites excluding steroid dienone is 4. The quantitative estimate of drug-likeness (QED) is 0.231. The highest BCUT2D eigenvalue weighted by molar-refractivity contribution is 6.21. The minimum absolute atomic E-state index is 0.466. The van der Waals surface area contributed by atoms with Crippen LogP contribution in [0.5, 0.6) is 0 Å². The van der Waals surface area contributed by atoms with Crippen molar-refractivity contribution in [1.82, 2.24) is 0 Å². The van der Waals surface area contributed by atoms with Gasteiger partial charge in [0.05, 0.1) is 0 Å². The maximum Gasteiger partial charge on any atom is 0.00557 e. The molecule has 1 unspecified atom stereocenters. The Labute approximate surface area is 211 Å². The van der Waals surface area contributed by atoms with Crippen molar-refractivity contribution in [3.8, 4) is 22.3 Å². The van der Waals surface area contributed by atoms with Gasteiger partial charge >= 0.3 is 0 Å². The average Bonchev–Trinajstić information content (AvgIpc) is 2.96. The van der Waals surface area contributed by atoms with E-state index in [0.29, 0.717) is 5.92 Å². The topological polar surface area (TPSA) is 0 Å². The van der Waals surface area contributed by atoms with E-state index < -0.39 is 0 Å². The van der Waals surface area contributed by atoms with E-state index in [4.69, 9.17) is 0 Å². The molecule has 170 valence electrons. The van der Waals surface area contributed by atoms with Gasteiger partial charge < -0.3 is 0 Å². The minimum atomic E-state index is 0.466. The molecule has 1 aliphatic rings. The van der Waals surface area contributed by atoms with E-state index in [1.165, 1.54) is 60.1 Å². The van der Waals surface area contributed by atoms with Crippen LogP contribution < -0.4 is 0 Å². The number of hydrogen-bond acceptors (Lipinski definition) is 0. The first-order valence-corrected chi connectivity index (χ1v) is 12.7. The number of benzene rings is 6. The Bertz CT molecular complexity index is 1740. The van der Waals surface area contributed by atoms with Crippen LogP contribution in [0, 0.1) is 0 Å². The summed E-state index contributed by atoms with van der Waals surface area (Å²) in [6.07, 6.45) is 9.93. The van der Waals surface area contributed by atoms with Crippen molar-refractivity contribution in [2.75, 3.05) is 0 Å². The lowest BCUT2D eigenvalue weighted by atomic mass is 9.85. The summed E-state index contributed by atoms with van der Waals surface area (Å²) in [6.45, 7) is 0. The molecule has 36 heavy (non-hydrogen) atoms. The second kappa shape index (κ2) is 8.66.